The van der Waals surface area contributed by atoms with Gasteiger partial charge in [-0.3, -0.25) is 9.78 Å². The van der Waals surface area contributed by atoms with Crippen molar-refractivity contribution in [1.29, 1.82) is 0 Å². The molecule has 0 spiro atoms. The average molecular weight is 396 g/mol. The van der Waals surface area contributed by atoms with E-state index in [0.29, 0.717) is 5.56 Å². The summed E-state index contributed by atoms with van der Waals surface area (Å²) < 4.78 is 55.3. The number of alkyl halides is 3. The first kappa shape index (κ1) is 20.1. The minimum Gasteiger partial charge on any atom is -0.406 e. The molecule has 1 amide bonds. The molecule has 2 aromatic rings. The zero-order valence-corrected chi connectivity index (χ0v) is 15.2. The molecule has 1 saturated carbocycles. The maximum Gasteiger partial charge on any atom is 0.573 e. The third-order valence-corrected chi connectivity index (χ3v) is 5.18. The predicted octanol–water partition coefficient (Wildman–Crippen LogP) is 4.46. The lowest BCUT2D eigenvalue weighted by Crippen LogP contribution is -2.46. The molecule has 3 rings (SSSR count). The van der Waals surface area contributed by atoms with E-state index in [1.165, 1.54) is 36.5 Å². The lowest BCUT2D eigenvalue weighted by Gasteiger charge is -2.43. The zero-order chi connectivity index (χ0) is 20.4. The van der Waals surface area contributed by atoms with E-state index in [4.69, 9.17) is 0 Å². The summed E-state index contributed by atoms with van der Waals surface area (Å²) >= 11 is 0. The molecule has 8 heteroatoms. The van der Waals surface area contributed by atoms with Gasteiger partial charge in [-0.15, -0.1) is 13.2 Å². The number of ether oxygens (including phenoxy) is 1. The van der Waals surface area contributed by atoms with Gasteiger partial charge in [-0.05, 0) is 49.6 Å². The van der Waals surface area contributed by atoms with Crippen molar-refractivity contribution < 1.29 is 27.1 Å². The molecule has 1 fully saturated rings. The van der Waals surface area contributed by atoms with Crippen LogP contribution in [0.15, 0.2) is 42.6 Å². The lowest BCUT2D eigenvalue weighted by atomic mass is 9.64. The molecule has 0 radical (unpaired) electrons. The summed E-state index contributed by atoms with van der Waals surface area (Å²) in [6.45, 7) is 1.81. The van der Waals surface area contributed by atoms with Gasteiger partial charge < -0.3 is 10.1 Å². The van der Waals surface area contributed by atoms with Gasteiger partial charge in [0.2, 0.25) is 5.91 Å². The fourth-order valence-electron chi connectivity index (χ4n) is 3.44. The van der Waals surface area contributed by atoms with Gasteiger partial charge in [0, 0.05) is 18.2 Å². The maximum atomic E-state index is 13.8. The summed E-state index contributed by atoms with van der Waals surface area (Å²) in [5, 5.41) is 2.81. The van der Waals surface area contributed by atoms with Crippen molar-refractivity contribution in [3.8, 4) is 5.75 Å². The smallest absolute Gasteiger partial charge is 0.406 e. The van der Waals surface area contributed by atoms with Crippen LogP contribution in [0.2, 0.25) is 0 Å². The largest absolute Gasteiger partial charge is 0.573 e. The zero-order valence-electron chi connectivity index (χ0n) is 15.2. The fraction of sp³-hybridized carbons (Fsp3) is 0.400. The molecule has 1 atom stereocenters. The number of amides is 1. The molecule has 1 unspecified atom stereocenters. The molecule has 28 heavy (non-hydrogen) atoms. The van der Waals surface area contributed by atoms with E-state index in [1.54, 1.807) is 13.0 Å². The molecule has 1 heterocycles. The molecule has 1 aromatic heterocycles. The molecule has 0 aliphatic heterocycles. The quantitative estimate of drug-likeness (QED) is 0.734. The molecule has 150 valence electrons. The number of carbonyl (C=O) groups excluding carboxylic acids is 1. The van der Waals surface area contributed by atoms with E-state index in [0.717, 1.165) is 19.3 Å². The van der Waals surface area contributed by atoms with Gasteiger partial charge in [0.25, 0.3) is 0 Å². The van der Waals surface area contributed by atoms with Crippen molar-refractivity contribution in [2.24, 2.45) is 0 Å². The molecule has 4 nitrogen and oxygen atoms in total. The van der Waals surface area contributed by atoms with E-state index < -0.39 is 23.5 Å². The van der Waals surface area contributed by atoms with Crippen molar-refractivity contribution in [1.82, 2.24) is 10.3 Å². The number of hydrogen-bond donors (Lipinski definition) is 1. The minimum absolute atomic E-state index is 0.0586. The van der Waals surface area contributed by atoms with Crippen molar-refractivity contribution in [2.75, 3.05) is 6.54 Å². The van der Waals surface area contributed by atoms with Crippen LogP contribution >= 0.6 is 0 Å². The minimum atomic E-state index is -4.76. The molecule has 0 saturated heterocycles. The van der Waals surface area contributed by atoms with Crippen molar-refractivity contribution >= 4 is 5.91 Å². The number of aromatic nitrogens is 1. The highest BCUT2D eigenvalue weighted by atomic mass is 19.4. The number of nitrogens with one attached hydrogen (secondary N) is 1. The van der Waals surface area contributed by atoms with Crippen LogP contribution in [0.3, 0.4) is 0 Å². The van der Waals surface area contributed by atoms with Crippen LogP contribution in [-0.4, -0.2) is 23.8 Å². The second-order valence-electron chi connectivity index (χ2n) is 7.02. The summed E-state index contributed by atoms with van der Waals surface area (Å²) in [6, 6.07) is 8.53. The first-order chi connectivity index (χ1) is 13.2. The van der Waals surface area contributed by atoms with Crippen LogP contribution in [0.4, 0.5) is 17.6 Å². The Bertz CT molecular complexity index is 850. The fourth-order valence-corrected chi connectivity index (χ4v) is 3.44. The number of rotatable bonds is 6. The van der Waals surface area contributed by atoms with Crippen LogP contribution in [0, 0.1) is 5.82 Å². The number of benzene rings is 1. The molecule has 0 bridgehead atoms. The van der Waals surface area contributed by atoms with Crippen LogP contribution in [-0.2, 0) is 10.2 Å². The van der Waals surface area contributed by atoms with Gasteiger partial charge in [0.05, 0.1) is 11.6 Å². The standard InChI is InChI=1S/C20H20F4N2O2/c1-13(17-16(21)7-3-10-25-17)18(27)26-12-19(8-4-9-19)14-5-2-6-15(11-14)28-20(22,23)24/h2-3,5-7,10-11,13H,4,8-9,12H2,1H3,(H,26,27). The molecular weight excluding hydrogens is 376 g/mol. The Morgan fingerprint density at radius 2 is 2.04 bits per heavy atom. The Morgan fingerprint density at radius 3 is 2.64 bits per heavy atom. The highest BCUT2D eigenvalue weighted by Crippen LogP contribution is 2.44. The van der Waals surface area contributed by atoms with E-state index in [1.807, 2.05) is 0 Å². The Balaban J connectivity index is 1.71. The lowest BCUT2D eigenvalue weighted by molar-refractivity contribution is -0.274. The third-order valence-electron chi connectivity index (χ3n) is 5.18. The number of nitrogens with zero attached hydrogens (tertiary/aromatic N) is 1. The van der Waals surface area contributed by atoms with Gasteiger partial charge in [0.1, 0.15) is 11.6 Å². The first-order valence-corrected chi connectivity index (χ1v) is 8.95. The molecular formula is C20H20F4N2O2. The van der Waals surface area contributed by atoms with Crippen molar-refractivity contribution in [2.45, 2.75) is 43.9 Å². The molecule has 1 aliphatic carbocycles. The summed E-state index contributed by atoms with van der Waals surface area (Å²) in [5.74, 6) is -2.00. The predicted molar refractivity (Wildman–Crippen MR) is 94.3 cm³/mol. The molecule has 1 aromatic carbocycles. The number of carbonyl (C=O) groups is 1. The topological polar surface area (TPSA) is 51.2 Å². The number of halogens is 4. The Hall–Kier alpha value is -2.64. The monoisotopic (exact) mass is 396 g/mol. The number of pyridine rings is 1. The summed E-state index contributed by atoms with van der Waals surface area (Å²) in [5.41, 5.74) is 0.281. The van der Waals surface area contributed by atoms with Gasteiger partial charge in [-0.1, -0.05) is 18.6 Å². The SMILES string of the molecule is CC(C(=O)NCC1(c2cccc(OC(F)(F)F)c2)CCC1)c1ncccc1F. The molecule has 1 aliphatic rings. The average Bonchev–Trinajstić information content (AvgIpc) is 2.59. The highest BCUT2D eigenvalue weighted by molar-refractivity contribution is 5.82. The van der Waals surface area contributed by atoms with Crippen LogP contribution in [0.25, 0.3) is 0 Å². The van der Waals surface area contributed by atoms with Crippen LogP contribution in [0.5, 0.6) is 5.75 Å². The van der Waals surface area contributed by atoms with Gasteiger partial charge in [0.15, 0.2) is 0 Å². The summed E-state index contributed by atoms with van der Waals surface area (Å²) in [6.07, 6.45) is -0.974. The van der Waals surface area contributed by atoms with Crippen LogP contribution in [0.1, 0.15) is 43.4 Å². The van der Waals surface area contributed by atoms with E-state index in [-0.39, 0.29) is 23.9 Å². The van der Waals surface area contributed by atoms with Crippen LogP contribution < -0.4 is 10.1 Å². The Labute approximate surface area is 159 Å². The highest BCUT2D eigenvalue weighted by Gasteiger charge is 2.40. The normalized spacial score (nSPS) is 16.8. The van der Waals surface area contributed by atoms with Gasteiger partial charge >= 0.3 is 6.36 Å². The second kappa shape index (κ2) is 7.77. The summed E-state index contributed by atoms with van der Waals surface area (Å²) in [4.78, 5) is 16.4. The van der Waals surface area contributed by atoms with Crippen molar-refractivity contribution in [3.63, 3.8) is 0 Å². The molecule has 1 N–H and O–H groups in total. The van der Waals surface area contributed by atoms with E-state index in [2.05, 4.69) is 15.0 Å². The van der Waals surface area contributed by atoms with E-state index >= 15 is 0 Å². The maximum absolute atomic E-state index is 13.8. The second-order valence-corrected chi connectivity index (χ2v) is 7.02. The Morgan fingerprint density at radius 1 is 1.29 bits per heavy atom. The third kappa shape index (κ3) is 4.43. The van der Waals surface area contributed by atoms with Gasteiger partial charge in [-0.2, -0.15) is 0 Å². The van der Waals surface area contributed by atoms with E-state index in [9.17, 15) is 22.4 Å². The Kier molecular flexibility index (Phi) is 5.58. The number of hydrogen-bond acceptors (Lipinski definition) is 3. The summed E-state index contributed by atoms with van der Waals surface area (Å²) in [7, 11) is 0. The van der Waals surface area contributed by atoms with Gasteiger partial charge in [-0.25, -0.2) is 4.39 Å². The van der Waals surface area contributed by atoms with Crippen molar-refractivity contribution in [3.05, 3.63) is 59.7 Å². The first-order valence-electron chi connectivity index (χ1n) is 8.95.